The molecule has 0 saturated carbocycles. The molecule has 4 aromatic rings. The molecule has 0 aliphatic rings. The Morgan fingerprint density at radius 3 is 2.40 bits per heavy atom. The lowest BCUT2D eigenvalue weighted by molar-refractivity contribution is -0.137. The molecule has 9 nitrogen and oxygen atoms in total. The van der Waals surface area contributed by atoms with Crippen molar-refractivity contribution in [2.75, 3.05) is 6.61 Å². The maximum absolute atomic E-state index is 13.3. The molecule has 35 heavy (non-hydrogen) atoms. The van der Waals surface area contributed by atoms with E-state index >= 15 is 0 Å². The van der Waals surface area contributed by atoms with Gasteiger partial charge < -0.3 is 9.84 Å². The number of rotatable bonds is 7. The molecule has 184 valence electrons. The molecular weight excluding hydrogens is 491 g/mol. The van der Waals surface area contributed by atoms with Gasteiger partial charge in [-0.05, 0) is 42.8 Å². The fourth-order valence-electron chi connectivity index (χ4n) is 3.48. The zero-order valence-corrected chi connectivity index (χ0v) is 19.0. The van der Waals surface area contributed by atoms with Crippen LogP contribution in [0.3, 0.4) is 0 Å². The van der Waals surface area contributed by atoms with Gasteiger partial charge in [0.25, 0.3) is 5.56 Å². The van der Waals surface area contributed by atoms with E-state index < -0.39 is 23.0 Å². The highest BCUT2D eigenvalue weighted by molar-refractivity contribution is 6.30. The first-order chi connectivity index (χ1) is 16.6. The third-order valence-electron chi connectivity index (χ3n) is 5.24. The van der Waals surface area contributed by atoms with Gasteiger partial charge in [-0.1, -0.05) is 11.6 Å². The average molecular weight is 510 g/mol. The van der Waals surface area contributed by atoms with Gasteiger partial charge in [-0.25, -0.2) is 4.79 Å². The van der Waals surface area contributed by atoms with Crippen LogP contribution in [0.4, 0.5) is 13.2 Å². The van der Waals surface area contributed by atoms with Crippen molar-refractivity contribution in [3.63, 3.8) is 0 Å². The van der Waals surface area contributed by atoms with Gasteiger partial charge in [-0.3, -0.25) is 23.5 Å². The number of aliphatic hydroxyl groups is 1. The molecule has 0 radical (unpaired) electrons. The molecule has 0 aliphatic carbocycles. The quantitative estimate of drug-likeness (QED) is 0.410. The van der Waals surface area contributed by atoms with Crippen molar-refractivity contribution in [1.82, 2.24) is 23.7 Å². The number of aromatic nitrogens is 5. The summed E-state index contributed by atoms with van der Waals surface area (Å²) in [5.74, 6) is 0.0456. The van der Waals surface area contributed by atoms with Crippen molar-refractivity contribution in [2.45, 2.75) is 25.7 Å². The number of aliphatic hydroxyl groups excluding tert-OH is 1. The first-order valence-corrected chi connectivity index (χ1v) is 10.7. The molecule has 0 spiro atoms. The van der Waals surface area contributed by atoms with Crippen molar-refractivity contribution in [2.24, 2.45) is 7.05 Å². The SMILES string of the molecule is Cn1c(=O)n(CCCO)c(=O)c2c1nc(Oc1ccc(C(F)(F)F)cc1)n2Cc1ccc(Cl)cn1. The topological polar surface area (TPSA) is 104 Å². The summed E-state index contributed by atoms with van der Waals surface area (Å²) in [7, 11) is 1.43. The van der Waals surface area contributed by atoms with E-state index in [1.54, 1.807) is 12.1 Å². The summed E-state index contributed by atoms with van der Waals surface area (Å²) in [6.07, 6.45) is -2.91. The highest BCUT2D eigenvalue weighted by Crippen LogP contribution is 2.32. The number of halogens is 4. The number of hydrogen-bond donors (Lipinski definition) is 1. The van der Waals surface area contributed by atoms with Crippen LogP contribution in [0.1, 0.15) is 17.7 Å². The first-order valence-electron chi connectivity index (χ1n) is 10.4. The van der Waals surface area contributed by atoms with E-state index in [1.165, 1.54) is 22.4 Å². The van der Waals surface area contributed by atoms with Crippen molar-refractivity contribution < 1.29 is 23.0 Å². The van der Waals surface area contributed by atoms with E-state index in [2.05, 4.69) is 9.97 Å². The maximum atomic E-state index is 13.3. The van der Waals surface area contributed by atoms with Crippen LogP contribution in [0, 0.1) is 0 Å². The molecule has 0 atom stereocenters. The highest BCUT2D eigenvalue weighted by atomic mass is 35.5. The summed E-state index contributed by atoms with van der Waals surface area (Å²) in [5.41, 5.74) is -1.59. The van der Waals surface area contributed by atoms with E-state index in [0.717, 1.165) is 28.8 Å². The van der Waals surface area contributed by atoms with Gasteiger partial charge in [-0.15, -0.1) is 0 Å². The Kier molecular flexibility index (Phi) is 6.68. The number of imidazole rings is 1. The minimum absolute atomic E-state index is 0.00290. The van der Waals surface area contributed by atoms with Crippen LogP contribution in [-0.2, 0) is 26.3 Å². The number of nitrogens with zero attached hydrogens (tertiary/aromatic N) is 5. The van der Waals surface area contributed by atoms with Crippen LogP contribution in [0.15, 0.2) is 52.2 Å². The summed E-state index contributed by atoms with van der Waals surface area (Å²) in [6.45, 7) is -0.238. The van der Waals surface area contributed by atoms with Gasteiger partial charge >= 0.3 is 17.9 Å². The summed E-state index contributed by atoms with van der Waals surface area (Å²) < 4.78 is 48.0. The predicted molar refractivity (Wildman–Crippen MR) is 121 cm³/mol. The molecule has 13 heteroatoms. The highest BCUT2D eigenvalue weighted by Gasteiger charge is 2.30. The molecule has 0 amide bonds. The minimum Gasteiger partial charge on any atom is -0.425 e. The van der Waals surface area contributed by atoms with Gasteiger partial charge in [0, 0.05) is 26.4 Å². The third-order valence-corrected chi connectivity index (χ3v) is 5.46. The molecule has 3 heterocycles. The van der Waals surface area contributed by atoms with E-state index in [0.29, 0.717) is 10.7 Å². The number of aryl methyl sites for hydroxylation is 1. The number of hydrogen-bond acceptors (Lipinski definition) is 6. The smallest absolute Gasteiger partial charge is 0.416 e. The molecule has 0 saturated heterocycles. The fourth-order valence-corrected chi connectivity index (χ4v) is 3.59. The number of benzene rings is 1. The Hall–Kier alpha value is -3.64. The Bertz CT molecular complexity index is 1480. The summed E-state index contributed by atoms with van der Waals surface area (Å²) in [4.78, 5) is 34.5. The Labute approximate surface area is 200 Å². The van der Waals surface area contributed by atoms with Crippen molar-refractivity contribution in [3.8, 4) is 11.8 Å². The molecule has 0 fully saturated rings. The van der Waals surface area contributed by atoms with Gasteiger partial charge in [0.1, 0.15) is 5.75 Å². The monoisotopic (exact) mass is 509 g/mol. The summed E-state index contributed by atoms with van der Waals surface area (Å²) >= 11 is 5.91. The maximum Gasteiger partial charge on any atom is 0.416 e. The largest absolute Gasteiger partial charge is 0.425 e. The number of ether oxygens (including phenoxy) is 1. The average Bonchev–Trinajstić information content (AvgIpc) is 3.17. The lowest BCUT2D eigenvalue weighted by Gasteiger charge is -2.11. The second-order valence-corrected chi connectivity index (χ2v) is 8.06. The number of pyridine rings is 1. The molecule has 1 N–H and O–H groups in total. The second kappa shape index (κ2) is 9.55. The van der Waals surface area contributed by atoms with Crippen molar-refractivity contribution in [3.05, 3.63) is 79.7 Å². The van der Waals surface area contributed by atoms with Crippen molar-refractivity contribution >= 4 is 22.8 Å². The van der Waals surface area contributed by atoms with Crippen LogP contribution >= 0.6 is 11.6 Å². The van der Waals surface area contributed by atoms with E-state index in [1.807, 2.05) is 0 Å². The number of fused-ring (bicyclic) bond motifs is 1. The van der Waals surface area contributed by atoms with Gasteiger partial charge in [0.05, 0.1) is 22.8 Å². The fraction of sp³-hybridized carbons (Fsp3) is 0.273. The van der Waals surface area contributed by atoms with E-state index in [4.69, 9.17) is 21.4 Å². The first kappa shape index (κ1) is 24.5. The standard InChI is InChI=1S/C22H19ClF3N5O4/c1-29-18-17(19(33)30(21(29)34)9-2-10-32)31(12-15-6-5-14(23)11-27-15)20(28-18)35-16-7-3-13(4-8-16)22(24,25)26/h3-8,11,32H,2,9-10,12H2,1H3. The predicted octanol–water partition coefficient (Wildman–Crippen LogP) is 3.19. The Balaban J connectivity index is 1.87. The van der Waals surface area contributed by atoms with Crippen molar-refractivity contribution in [1.29, 1.82) is 0 Å². The van der Waals surface area contributed by atoms with Gasteiger partial charge in [0.15, 0.2) is 11.2 Å². The molecule has 0 bridgehead atoms. The zero-order chi connectivity index (χ0) is 25.3. The summed E-state index contributed by atoms with van der Waals surface area (Å²) in [6, 6.07) is 7.10. The van der Waals surface area contributed by atoms with Gasteiger partial charge in [-0.2, -0.15) is 18.2 Å². The van der Waals surface area contributed by atoms with E-state index in [9.17, 15) is 22.8 Å². The van der Waals surface area contributed by atoms with Crippen LogP contribution in [0.5, 0.6) is 11.8 Å². The second-order valence-electron chi connectivity index (χ2n) is 7.62. The van der Waals surface area contributed by atoms with Crippen LogP contribution in [0.25, 0.3) is 11.2 Å². The Morgan fingerprint density at radius 2 is 1.80 bits per heavy atom. The minimum atomic E-state index is -4.51. The normalized spacial score (nSPS) is 11.8. The van der Waals surface area contributed by atoms with E-state index in [-0.39, 0.29) is 49.0 Å². The van der Waals surface area contributed by atoms with Gasteiger partial charge in [0.2, 0.25) is 0 Å². The molecular formula is C22H19ClF3N5O4. The Morgan fingerprint density at radius 1 is 1.09 bits per heavy atom. The molecule has 0 aliphatic heterocycles. The lowest BCUT2D eigenvalue weighted by atomic mass is 10.2. The molecule has 3 aromatic heterocycles. The molecule has 1 aromatic carbocycles. The summed E-state index contributed by atoms with van der Waals surface area (Å²) in [5, 5.41) is 9.55. The zero-order valence-electron chi connectivity index (χ0n) is 18.3. The third kappa shape index (κ3) is 4.93. The lowest BCUT2D eigenvalue weighted by Crippen LogP contribution is -2.39. The number of alkyl halides is 3. The molecule has 0 unspecified atom stereocenters. The van der Waals surface area contributed by atoms with Crippen LogP contribution < -0.4 is 16.0 Å². The van der Waals surface area contributed by atoms with Crippen LogP contribution in [0.2, 0.25) is 5.02 Å². The molecule has 4 rings (SSSR count). The van der Waals surface area contributed by atoms with Crippen LogP contribution in [-0.4, -0.2) is 35.4 Å².